The molecule has 0 saturated heterocycles. The van der Waals surface area contributed by atoms with Crippen LogP contribution in [-0.4, -0.2) is 98.2 Å². The van der Waals surface area contributed by atoms with E-state index in [4.69, 9.17) is 31.3 Å². The van der Waals surface area contributed by atoms with Crippen molar-refractivity contribution in [2.24, 2.45) is 5.92 Å². The Morgan fingerprint density at radius 3 is 1.46 bits per heavy atom. The number of carboxylic acid groups (broad SMARTS) is 1. The number of carbonyl (C=O) groups is 1. The predicted molar refractivity (Wildman–Crippen MR) is 158 cm³/mol. The molecule has 3 atom stereocenters. The molecule has 0 fully saturated rings. The van der Waals surface area contributed by atoms with Crippen LogP contribution in [-0.2, 0) is 36.1 Å². The lowest BCUT2D eigenvalue weighted by molar-refractivity contribution is -0.141. The van der Waals surface area contributed by atoms with Crippen molar-refractivity contribution in [1.29, 1.82) is 0 Å². The predicted octanol–water partition coefficient (Wildman–Crippen LogP) is 5.44. The van der Waals surface area contributed by atoms with Gasteiger partial charge in [0, 0.05) is 13.7 Å². The van der Waals surface area contributed by atoms with E-state index in [0.717, 1.165) is 24.9 Å². The summed E-state index contributed by atoms with van der Waals surface area (Å²) in [6, 6.07) is 1.60. The van der Waals surface area contributed by atoms with E-state index in [1.807, 2.05) is 0 Å². The Kier molecular flexibility index (Phi) is 18.4. The first kappa shape index (κ1) is 37.1. The van der Waals surface area contributed by atoms with Crippen LogP contribution in [0.5, 0.6) is 0 Å². The van der Waals surface area contributed by atoms with E-state index in [1.165, 1.54) is 0 Å². The highest BCUT2D eigenvalue weighted by Crippen LogP contribution is 2.31. The maximum atomic E-state index is 11.3. The Balaban J connectivity index is 4.88. The maximum absolute atomic E-state index is 11.3. The zero-order valence-corrected chi connectivity index (χ0v) is 29.3. The molecule has 0 aromatic rings. The summed E-state index contributed by atoms with van der Waals surface area (Å²) in [7, 11) is -7.21. The van der Waals surface area contributed by atoms with Crippen LogP contribution in [0.3, 0.4) is 0 Å². The molecule has 0 rings (SSSR count). The lowest BCUT2D eigenvalue weighted by Crippen LogP contribution is -2.58. The fourth-order valence-electron chi connectivity index (χ4n) is 4.03. The first-order chi connectivity index (χ1) is 17.0. The number of carboxylic acids is 1. The van der Waals surface area contributed by atoms with Crippen molar-refractivity contribution in [2.45, 2.75) is 90.7 Å². The summed E-state index contributed by atoms with van der Waals surface area (Å²) < 4.78 is 42.0. The van der Waals surface area contributed by atoms with Crippen molar-refractivity contribution < 1.29 is 41.2 Å². The minimum Gasteiger partial charge on any atom is -0.481 e. The van der Waals surface area contributed by atoms with Crippen LogP contribution in [0, 0.1) is 5.92 Å². The van der Waals surface area contributed by atoms with E-state index in [9.17, 15) is 9.90 Å². The minimum atomic E-state index is -2.58. The van der Waals surface area contributed by atoms with Crippen LogP contribution in [0.2, 0.25) is 64.5 Å². The third-order valence-corrected chi connectivity index (χ3v) is 19.6. The minimum absolute atomic E-state index is 0.365. The molecule has 0 radical (unpaired) electrons. The van der Waals surface area contributed by atoms with Gasteiger partial charge in [-0.15, -0.1) is 0 Å². The van der Waals surface area contributed by atoms with Gasteiger partial charge >= 0.3 is 23.1 Å². The van der Waals surface area contributed by atoms with Crippen molar-refractivity contribution in [1.82, 2.24) is 0 Å². The van der Waals surface area contributed by atoms with Gasteiger partial charge in [-0.2, -0.15) is 0 Å². The maximum Gasteiger partial charge on any atom is 0.315 e. The van der Waals surface area contributed by atoms with Gasteiger partial charge in [0.05, 0.1) is 45.6 Å². The van der Waals surface area contributed by atoms with Crippen LogP contribution < -0.4 is 0 Å². The molecule has 0 aliphatic heterocycles. The molecule has 37 heavy (non-hydrogen) atoms. The molecular weight excluding hydrogens is 545 g/mol. The molecule has 0 spiro atoms. The number of aliphatic carboxylic acids is 1. The molecular formula is C24H56O9Si4. The molecule has 0 bridgehead atoms. The first-order valence-corrected chi connectivity index (χ1v) is 25.4. The third kappa shape index (κ3) is 21.5. The standard InChI is InChI=1S/C24H56O9Si4/c1-23(24(25)26)13-11-21-36(9,31-34(3,4)5)33-37(10,32-35(6,7)8)22-12-14-28-17-18-30-20-19-29-16-15-27-2/h23H,11-22H2,1-10H3,(H,25,26). The zero-order valence-electron chi connectivity index (χ0n) is 25.3. The van der Waals surface area contributed by atoms with Crippen LogP contribution in [0.1, 0.15) is 26.2 Å². The highest BCUT2D eigenvalue weighted by molar-refractivity contribution is 6.89. The molecule has 3 unspecified atom stereocenters. The van der Waals surface area contributed by atoms with Crippen LogP contribution in [0.4, 0.5) is 0 Å². The fraction of sp³-hybridized carbons (Fsp3) is 0.958. The molecule has 0 aromatic carbocycles. The van der Waals surface area contributed by atoms with Crippen molar-refractivity contribution in [3.8, 4) is 0 Å². The highest BCUT2D eigenvalue weighted by Gasteiger charge is 2.46. The second-order valence-corrected chi connectivity index (χ2v) is 28.3. The Bertz CT molecular complexity index is 616. The lowest BCUT2D eigenvalue weighted by atomic mass is 10.1. The molecule has 222 valence electrons. The molecule has 0 aliphatic carbocycles. The molecule has 0 heterocycles. The second-order valence-electron chi connectivity index (χ2n) is 11.9. The molecule has 0 saturated carbocycles. The third-order valence-electron chi connectivity index (χ3n) is 5.26. The van der Waals surface area contributed by atoms with Gasteiger partial charge < -0.3 is 36.4 Å². The summed E-state index contributed by atoms with van der Waals surface area (Å²) in [4.78, 5) is 11.3. The molecule has 1 N–H and O–H groups in total. The monoisotopic (exact) mass is 600 g/mol. The van der Waals surface area contributed by atoms with Gasteiger partial charge in [0.1, 0.15) is 0 Å². The molecule has 0 aromatic heterocycles. The molecule has 9 nitrogen and oxygen atoms in total. The van der Waals surface area contributed by atoms with Crippen LogP contribution in [0.25, 0.3) is 0 Å². The topological polar surface area (TPSA) is 102 Å². The number of ether oxygens (including phenoxy) is 4. The summed E-state index contributed by atoms with van der Waals surface area (Å²) in [5, 5.41) is 9.27. The van der Waals surface area contributed by atoms with E-state index in [0.29, 0.717) is 52.7 Å². The van der Waals surface area contributed by atoms with Crippen LogP contribution >= 0.6 is 0 Å². The van der Waals surface area contributed by atoms with Crippen molar-refractivity contribution in [3.63, 3.8) is 0 Å². The Morgan fingerprint density at radius 1 is 0.649 bits per heavy atom. The SMILES string of the molecule is COCCOCCOCCOCCC[Si](C)(O[Si](C)(C)C)O[Si](C)(CCCC(C)C(=O)O)O[Si](C)(C)C. The number of hydrogen-bond acceptors (Lipinski definition) is 8. The van der Waals surface area contributed by atoms with E-state index >= 15 is 0 Å². The molecule has 13 heteroatoms. The van der Waals surface area contributed by atoms with E-state index in [2.05, 4.69) is 52.4 Å². The average Bonchev–Trinajstić information content (AvgIpc) is 2.71. The van der Waals surface area contributed by atoms with Crippen LogP contribution in [0.15, 0.2) is 0 Å². The normalized spacial score (nSPS) is 16.8. The van der Waals surface area contributed by atoms with Gasteiger partial charge in [-0.05, 0) is 77.3 Å². The number of rotatable bonds is 24. The van der Waals surface area contributed by atoms with Gasteiger partial charge in [-0.25, -0.2) is 0 Å². The Labute approximate surface area is 230 Å². The average molecular weight is 601 g/mol. The number of methoxy groups -OCH3 is 1. The molecule has 0 aliphatic rings. The smallest absolute Gasteiger partial charge is 0.315 e. The van der Waals surface area contributed by atoms with Crippen molar-refractivity contribution >= 4 is 39.7 Å². The Hall–Kier alpha value is 0.0575. The summed E-state index contributed by atoms with van der Waals surface area (Å²) in [6.45, 7) is 23.2. The van der Waals surface area contributed by atoms with Crippen molar-refractivity contribution in [2.75, 3.05) is 53.4 Å². The van der Waals surface area contributed by atoms with E-state index in [1.54, 1.807) is 14.0 Å². The lowest BCUT2D eigenvalue weighted by Gasteiger charge is -2.43. The Morgan fingerprint density at radius 2 is 1.05 bits per heavy atom. The largest absolute Gasteiger partial charge is 0.481 e. The van der Waals surface area contributed by atoms with Gasteiger partial charge in [0.2, 0.25) is 0 Å². The van der Waals surface area contributed by atoms with Gasteiger partial charge in [-0.1, -0.05) is 13.3 Å². The van der Waals surface area contributed by atoms with Gasteiger partial charge in [-0.3, -0.25) is 4.79 Å². The van der Waals surface area contributed by atoms with E-state index < -0.39 is 39.7 Å². The summed E-state index contributed by atoms with van der Waals surface area (Å²) in [5.41, 5.74) is 0. The van der Waals surface area contributed by atoms with Gasteiger partial charge in [0.15, 0.2) is 16.6 Å². The summed E-state index contributed by atoms with van der Waals surface area (Å²) >= 11 is 0. The van der Waals surface area contributed by atoms with Gasteiger partial charge in [0.25, 0.3) is 0 Å². The number of hydrogen-bond donors (Lipinski definition) is 1. The summed E-state index contributed by atoms with van der Waals surface area (Å²) in [5.74, 6) is -1.12. The quantitative estimate of drug-likeness (QED) is 0.115. The molecule has 0 amide bonds. The summed E-state index contributed by atoms with van der Waals surface area (Å²) in [6.07, 6.45) is 2.25. The fourth-order valence-corrected chi connectivity index (χ4v) is 22.4. The zero-order chi connectivity index (χ0) is 28.6. The second kappa shape index (κ2) is 18.4. The van der Waals surface area contributed by atoms with Crippen molar-refractivity contribution in [3.05, 3.63) is 0 Å². The van der Waals surface area contributed by atoms with E-state index in [-0.39, 0.29) is 5.92 Å². The first-order valence-electron chi connectivity index (χ1n) is 13.6. The highest BCUT2D eigenvalue weighted by atomic mass is 28.5.